The average molecular weight is 215 g/mol. The van der Waals surface area contributed by atoms with Gasteiger partial charge in [-0.05, 0) is 27.1 Å². The normalized spacial score (nSPS) is 43.6. The highest BCUT2D eigenvalue weighted by Gasteiger charge is 2.60. The van der Waals surface area contributed by atoms with Crippen molar-refractivity contribution in [2.75, 3.05) is 27.7 Å². The van der Waals surface area contributed by atoms with E-state index in [1.165, 1.54) is 6.54 Å². The molecular formula is C10H22N3P. The molecule has 2 heterocycles. The van der Waals surface area contributed by atoms with Crippen molar-refractivity contribution >= 4 is 13.6 Å². The molecule has 0 aromatic rings. The van der Waals surface area contributed by atoms with Gasteiger partial charge in [0.25, 0.3) is 0 Å². The van der Waals surface area contributed by atoms with E-state index in [0.717, 1.165) is 11.8 Å². The summed E-state index contributed by atoms with van der Waals surface area (Å²) in [4.78, 5) is 0. The SMILES string of the molecule is C=P1(N(C)C)N(C)C2C(C(C)C)CN21. The third-order valence-electron chi connectivity index (χ3n) is 3.88. The molecule has 3 nitrogen and oxygen atoms in total. The minimum Gasteiger partial charge on any atom is -0.267 e. The largest absolute Gasteiger partial charge is 0.267 e. The molecule has 0 N–H and O–H groups in total. The second kappa shape index (κ2) is 3.08. The van der Waals surface area contributed by atoms with E-state index in [4.69, 9.17) is 0 Å². The molecule has 0 saturated carbocycles. The molecule has 2 rings (SSSR count). The van der Waals surface area contributed by atoms with Gasteiger partial charge in [-0.1, -0.05) is 20.1 Å². The van der Waals surface area contributed by atoms with E-state index in [0.29, 0.717) is 6.17 Å². The predicted octanol–water partition coefficient (Wildman–Crippen LogP) is 1.60. The van der Waals surface area contributed by atoms with Crippen LogP contribution >= 0.6 is 7.34 Å². The Morgan fingerprint density at radius 1 is 1.43 bits per heavy atom. The van der Waals surface area contributed by atoms with Gasteiger partial charge in [-0.2, -0.15) is 0 Å². The maximum Gasteiger partial charge on any atom is 0.0773 e. The first-order chi connectivity index (χ1) is 6.40. The molecule has 0 bridgehead atoms. The number of nitrogens with zero attached hydrogens (tertiary/aromatic N) is 3. The maximum atomic E-state index is 4.42. The summed E-state index contributed by atoms with van der Waals surface area (Å²) in [6.45, 7) is 5.90. The number of hydrogen-bond donors (Lipinski definition) is 0. The van der Waals surface area contributed by atoms with Crippen LogP contribution in [0.15, 0.2) is 0 Å². The molecule has 0 radical (unpaired) electrons. The lowest BCUT2D eigenvalue weighted by molar-refractivity contribution is -0.0593. The molecule has 0 aromatic heterocycles. The fraction of sp³-hybridized carbons (Fsp3) is 0.900. The number of hydrogen-bond acceptors (Lipinski definition) is 3. The van der Waals surface area contributed by atoms with Crippen molar-refractivity contribution in [1.82, 2.24) is 14.0 Å². The third kappa shape index (κ3) is 1.04. The highest BCUT2D eigenvalue weighted by molar-refractivity contribution is 7.68. The highest BCUT2D eigenvalue weighted by Crippen LogP contribution is 2.70. The molecule has 4 heteroatoms. The monoisotopic (exact) mass is 215 g/mol. The van der Waals surface area contributed by atoms with Crippen LogP contribution in [0, 0.1) is 11.8 Å². The van der Waals surface area contributed by atoms with Gasteiger partial charge in [-0.3, -0.25) is 4.67 Å². The first-order valence-corrected chi connectivity index (χ1v) is 7.15. The van der Waals surface area contributed by atoms with Crippen LogP contribution in [0.25, 0.3) is 0 Å². The van der Waals surface area contributed by atoms with E-state index in [2.05, 4.69) is 55.3 Å². The van der Waals surface area contributed by atoms with E-state index < -0.39 is 7.34 Å². The molecular weight excluding hydrogens is 193 g/mol. The van der Waals surface area contributed by atoms with Gasteiger partial charge in [-0.25, -0.2) is 9.34 Å². The molecule has 0 aliphatic carbocycles. The maximum absolute atomic E-state index is 4.42. The van der Waals surface area contributed by atoms with Crippen molar-refractivity contribution in [2.45, 2.75) is 20.0 Å². The quantitative estimate of drug-likeness (QED) is 0.648. The molecule has 3 unspecified atom stereocenters. The van der Waals surface area contributed by atoms with Crippen LogP contribution in [0.3, 0.4) is 0 Å². The third-order valence-corrected chi connectivity index (χ3v) is 7.63. The van der Waals surface area contributed by atoms with Gasteiger partial charge in [0.15, 0.2) is 0 Å². The number of fused-ring (bicyclic) bond motifs is 1. The Bertz CT molecular complexity index is 277. The summed E-state index contributed by atoms with van der Waals surface area (Å²) in [5.41, 5.74) is 0. The molecule has 14 heavy (non-hydrogen) atoms. The lowest BCUT2D eigenvalue weighted by Gasteiger charge is -2.72. The molecule has 3 atom stereocenters. The van der Waals surface area contributed by atoms with Gasteiger partial charge in [0.1, 0.15) is 0 Å². The molecule has 82 valence electrons. The number of rotatable bonds is 2. The Hall–Kier alpha value is 0.180. The molecule has 2 aliphatic rings. The van der Waals surface area contributed by atoms with Gasteiger partial charge >= 0.3 is 0 Å². The Morgan fingerprint density at radius 2 is 2.00 bits per heavy atom. The lowest BCUT2D eigenvalue weighted by atomic mass is 9.86. The van der Waals surface area contributed by atoms with Crippen molar-refractivity contribution in [3.63, 3.8) is 0 Å². The van der Waals surface area contributed by atoms with Crippen LogP contribution in [0.2, 0.25) is 0 Å². The lowest BCUT2D eigenvalue weighted by Crippen LogP contribution is -2.73. The summed E-state index contributed by atoms with van der Waals surface area (Å²) in [6, 6.07) is 0. The zero-order valence-corrected chi connectivity index (χ0v) is 10.8. The first-order valence-electron chi connectivity index (χ1n) is 5.32. The minimum absolute atomic E-state index is 0.684. The Balaban J connectivity index is 2.11. The summed E-state index contributed by atoms with van der Waals surface area (Å²) < 4.78 is 7.40. The summed E-state index contributed by atoms with van der Waals surface area (Å²) in [5.74, 6) is 1.66. The Morgan fingerprint density at radius 3 is 2.36 bits per heavy atom. The summed E-state index contributed by atoms with van der Waals surface area (Å²) in [5, 5.41) is 0. The standard InChI is InChI=1S/C10H22N3P/c1-8(2)9-7-13-10(9)12(5)14(13,6)11(3)4/h8-10H,6-7H2,1-5H3. The highest BCUT2D eigenvalue weighted by atomic mass is 31.2. The predicted molar refractivity (Wildman–Crippen MR) is 64.3 cm³/mol. The fourth-order valence-corrected chi connectivity index (χ4v) is 5.75. The van der Waals surface area contributed by atoms with E-state index in [-0.39, 0.29) is 0 Å². The van der Waals surface area contributed by atoms with Crippen molar-refractivity contribution < 1.29 is 0 Å². The summed E-state index contributed by atoms with van der Waals surface area (Å²) in [7, 11) is 5.24. The van der Waals surface area contributed by atoms with Crippen LogP contribution in [-0.4, -0.2) is 54.2 Å². The second-order valence-corrected chi connectivity index (χ2v) is 8.39. The van der Waals surface area contributed by atoms with E-state index >= 15 is 0 Å². The van der Waals surface area contributed by atoms with E-state index in [9.17, 15) is 0 Å². The molecule has 2 aliphatic heterocycles. The minimum atomic E-state index is -1.29. The van der Waals surface area contributed by atoms with Crippen molar-refractivity contribution in [2.24, 2.45) is 11.8 Å². The average Bonchev–Trinajstić information content (AvgIpc) is 2.01. The zero-order valence-electron chi connectivity index (χ0n) is 9.94. The molecule has 0 spiro atoms. The van der Waals surface area contributed by atoms with E-state index in [1.807, 2.05) is 0 Å². The summed E-state index contributed by atoms with van der Waals surface area (Å²) in [6.07, 6.45) is 5.10. The van der Waals surface area contributed by atoms with Gasteiger partial charge in [0, 0.05) is 12.5 Å². The van der Waals surface area contributed by atoms with Crippen LogP contribution in [0.5, 0.6) is 0 Å². The van der Waals surface area contributed by atoms with Crippen LogP contribution in [0.4, 0.5) is 0 Å². The summed E-state index contributed by atoms with van der Waals surface area (Å²) >= 11 is 0. The molecule has 0 amide bonds. The van der Waals surface area contributed by atoms with Gasteiger partial charge in [0.2, 0.25) is 0 Å². The van der Waals surface area contributed by atoms with Gasteiger partial charge in [0.05, 0.1) is 13.5 Å². The Kier molecular flexibility index (Phi) is 2.35. The van der Waals surface area contributed by atoms with Crippen molar-refractivity contribution in [1.29, 1.82) is 0 Å². The van der Waals surface area contributed by atoms with E-state index in [1.54, 1.807) is 0 Å². The van der Waals surface area contributed by atoms with Crippen molar-refractivity contribution in [3.05, 3.63) is 0 Å². The topological polar surface area (TPSA) is 9.72 Å². The molecule has 0 aromatic carbocycles. The van der Waals surface area contributed by atoms with Crippen LogP contribution < -0.4 is 0 Å². The Labute approximate surface area is 87.8 Å². The zero-order chi connectivity index (χ0) is 10.7. The van der Waals surface area contributed by atoms with Crippen LogP contribution in [-0.2, 0) is 0 Å². The molecule has 2 saturated heterocycles. The first kappa shape index (κ1) is 10.7. The van der Waals surface area contributed by atoms with Crippen LogP contribution in [0.1, 0.15) is 13.8 Å². The van der Waals surface area contributed by atoms with Gasteiger partial charge in [-0.15, -0.1) is 0 Å². The second-order valence-electron chi connectivity index (χ2n) is 5.06. The van der Waals surface area contributed by atoms with Crippen molar-refractivity contribution in [3.8, 4) is 0 Å². The fourth-order valence-electron chi connectivity index (χ4n) is 2.68. The van der Waals surface area contributed by atoms with Gasteiger partial charge < -0.3 is 0 Å². The smallest absolute Gasteiger partial charge is 0.0773 e. The molecule has 2 fully saturated rings.